The van der Waals surface area contributed by atoms with Gasteiger partial charge in [-0.3, -0.25) is 9.10 Å². The van der Waals surface area contributed by atoms with Crippen molar-refractivity contribution >= 4 is 43.2 Å². The van der Waals surface area contributed by atoms with Crippen LogP contribution in [0.5, 0.6) is 0 Å². The van der Waals surface area contributed by atoms with Crippen LogP contribution in [-0.2, 0) is 14.8 Å². The molecule has 0 saturated heterocycles. The van der Waals surface area contributed by atoms with Gasteiger partial charge < -0.3 is 5.32 Å². The highest BCUT2D eigenvalue weighted by Gasteiger charge is 2.31. The second-order valence-electron chi connectivity index (χ2n) is 6.32. The SMILES string of the molecule is CC[C@@H](C(=O)Nc1ccc(Br)cc1)N(c1cc(C)cc(C)c1)S(C)(=O)=O. The number of hydrogen-bond acceptors (Lipinski definition) is 3. The highest BCUT2D eigenvalue weighted by molar-refractivity contribution is 9.10. The lowest BCUT2D eigenvalue weighted by atomic mass is 10.1. The molecule has 0 aliphatic rings. The van der Waals surface area contributed by atoms with E-state index in [1.165, 1.54) is 4.31 Å². The Bertz CT molecular complexity index is 875. The molecule has 0 saturated carbocycles. The van der Waals surface area contributed by atoms with Crippen LogP contribution in [0.15, 0.2) is 46.9 Å². The molecule has 2 rings (SSSR count). The summed E-state index contributed by atoms with van der Waals surface area (Å²) < 4.78 is 27.1. The van der Waals surface area contributed by atoms with Crippen molar-refractivity contribution in [2.45, 2.75) is 33.2 Å². The molecule has 0 radical (unpaired) electrons. The van der Waals surface area contributed by atoms with Crippen molar-refractivity contribution in [1.29, 1.82) is 0 Å². The second kappa shape index (κ2) is 8.22. The van der Waals surface area contributed by atoms with Crippen molar-refractivity contribution in [3.05, 3.63) is 58.1 Å². The van der Waals surface area contributed by atoms with E-state index in [0.717, 1.165) is 21.9 Å². The molecule has 2 aromatic rings. The van der Waals surface area contributed by atoms with Crippen molar-refractivity contribution in [2.24, 2.45) is 0 Å². The van der Waals surface area contributed by atoms with Gasteiger partial charge in [0, 0.05) is 10.2 Å². The van der Waals surface area contributed by atoms with Gasteiger partial charge in [0.15, 0.2) is 0 Å². The first-order chi connectivity index (χ1) is 12.1. The Hall–Kier alpha value is -1.86. The van der Waals surface area contributed by atoms with E-state index in [2.05, 4.69) is 21.2 Å². The van der Waals surface area contributed by atoms with E-state index in [0.29, 0.717) is 17.8 Å². The van der Waals surface area contributed by atoms with E-state index in [9.17, 15) is 13.2 Å². The van der Waals surface area contributed by atoms with Gasteiger partial charge in [-0.25, -0.2) is 8.42 Å². The summed E-state index contributed by atoms with van der Waals surface area (Å²) >= 11 is 3.35. The fraction of sp³-hybridized carbons (Fsp3) is 0.316. The molecule has 0 heterocycles. The molecule has 0 unspecified atom stereocenters. The topological polar surface area (TPSA) is 66.5 Å². The van der Waals surface area contributed by atoms with Gasteiger partial charge in [0.05, 0.1) is 11.9 Å². The fourth-order valence-electron chi connectivity index (χ4n) is 2.90. The predicted molar refractivity (Wildman–Crippen MR) is 110 cm³/mol. The van der Waals surface area contributed by atoms with Crippen molar-refractivity contribution in [3.63, 3.8) is 0 Å². The maximum Gasteiger partial charge on any atom is 0.248 e. The Kier molecular flexibility index (Phi) is 6.47. The smallest absolute Gasteiger partial charge is 0.248 e. The molecule has 0 aromatic heterocycles. The van der Waals surface area contributed by atoms with Crippen molar-refractivity contribution in [2.75, 3.05) is 15.9 Å². The Balaban J connectivity index is 2.40. The number of aryl methyl sites for hydroxylation is 2. The second-order valence-corrected chi connectivity index (χ2v) is 9.10. The molecule has 1 amide bonds. The van der Waals surface area contributed by atoms with Gasteiger partial charge in [0.2, 0.25) is 15.9 Å². The average molecular weight is 439 g/mol. The minimum atomic E-state index is -3.64. The fourth-order valence-corrected chi connectivity index (χ4v) is 4.36. The molecule has 26 heavy (non-hydrogen) atoms. The zero-order valence-electron chi connectivity index (χ0n) is 15.3. The van der Waals surface area contributed by atoms with Gasteiger partial charge in [0.1, 0.15) is 6.04 Å². The van der Waals surface area contributed by atoms with Gasteiger partial charge in [-0.1, -0.05) is 28.9 Å². The van der Waals surface area contributed by atoms with Crippen LogP contribution < -0.4 is 9.62 Å². The minimum Gasteiger partial charge on any atom is -0.324 e. The quantitative estimate of drug-likeness (QED) is 0.732. The first kappa shape index (κ1) is 20.5. The first-order valence-electron chi connectivity index (χ1n) is 8.26. The van der Waals surface area contributed by atoms with Gasteiger partial charge in [-0.2, -0.15) is 0 Å². The number of benzene rings is 2. The van der Waals surface area contributed by atoms with E-state index >= 15 is 0 Å². The zero-order valence-corrected chi connectivity index (χ0v) is 17.7. The number of amides is 1. The number of carbonyl (C=O) groups excluding carboxylic acids is 1. The largest absolute Gasteiger partial charge is 0.324 e. The van der Waals surface area contributed by atoms with E-state index in [1.807, 2.05) is 32.0 Å². The lowest BCUT2D eigenvalue weighted by Crippen LogP contribution is -2.47. The standard InChI is InChI=1S/C19H23BrN2O3S/c1-5-18(19(23)21-16-8-6-15(20)7-9-16)22(26(4,24)25)17-11-13(2)10-14(3)12-17/h6-12,18H,5H2,1-4H3,(H,21,23)/t18-/m0/s1. The average Bonchev–Trinajstić information content (AvgIpc) is 2.52. The third-order valence-electron chi connectivity index (χ3n) is 3.90. The molecule has 1 N–H and O–H groups in total. The number of anilines is 2. The highest BCUT2D eigenvalue weighted by atomic mass is 79.9. The maximum atomic E-state index is 12.8. The molecule has 0 fully saturated rings. The van der Waals surface area contributed by atoms with Crippen LogP contribution in [0.4, 0.5) is 11.4 Å². The number of hydrogen-bond donors (Lipinski definition) is 1. The van der Waals surface area contributed by atoms with Gasteiger partial charge in [-0.05, 0) is 67.8 Å². The van der Waals surface area contributed by atoms with E-state index in [4.69, 9.17) is 0 Å². The van der Waals surface area contributed by atoms with Crippen LogP contribution in [0, 0.1) is 13.8 Å². The Labute approximate surface area is 163 Å². The lowest BCUT2D eigenvalue weighted by Gasteiger charge is -2.30. The first-order valence-corrected chi connectivity index (χ1v) is 10.9. The minimum absolute atomic E-state index is 0.350. The van der Waals surface area contributed by atoms with Gasteiger partial charge in [0.25, 0.3) is 0 Å². The van der Waals surface area contributed by atoms with Crippen LogP contribution in [0.2, 0.25) is 0 Å². The summed E-state index contributed by atoms with van der Waals surface area (Å²) in [5, 5.41) is 2.81. The lowest BCUT2D eigenvalue weighted by molar-refractivity contribution is -0.117. The van der Waals surface area contributed by atoms with Crippen molar-refractivity contribution < 1.29 is 13.2 Å². The molecule has 5 nitrogen and oxygen atoms in total. The summed E-state index contributed by atoms with van der Waals surface area (Å²) in [6.07, 6.45) is 1.47. The monoisotopic (exact) mass is 438 g/mol. The Morgan fingerprint density at radius 3 is 2.12 bits per heavy atom. The van der Waals surface area contributed by atoms with Crippen molar-refractivity contribution in [1.82, 2.24) is 0 Å². The molecule has 140 valence electrons. The molecular formula is C19H23BrN2O3S. The normalized spacial score (nSPS) is 12.5. The predicted octanol–water partition coefficient (Wildman–Crippen LogP) is 4.25. The zero-order chi connectivity index (χ0) is 19.5. The molecular weight excluding hydrogens is 416 g/mol. The number of nitrogens with zero attached hydrogens (tertiary/aromatic N) is 1. The van der Waals surface area contributed by atoms with Crippen LogP contribution in [0.3, 0.4) is 0 Å². The Morgan fingerprint density at radius 2 is 1.65 bits per heavy atom. The third-order valence-corrected chi connectivity index (χ3v) is 5.61. The van der Waals surface area contributed by atoms with Crippen LogP contribution in [0.1, 0.15) is 24.5 Å². The number of halogens is 1. The van der Waals surface area contributed by atoms with E-state index in [-0.39, 0.29) is 5.91 Å². The molecule has 0 aliphatic carbocycles. The maximum absolute atomic E-state index is 12.8. The van der Waals surface area contributed by atoms with Gasteiger partial charge in [-0.15, -0.1) is 0 Å². The Morgan fingerprint density at radius 1 is 1.12 bits per heavy atom. The molecule has 7 heteroatoms. The molecule has 1 atom stereocenters. The van der Waals surface area contributed by atoms with Crippen LogP contribution in [-0.4, -0.2) is 26.6 Å². The number of sulfonamides is 1. The van der Waals surface area contributed by atoms with E-state index < -0.39 is 16.1 Å². The highest BCUT2D eigenvalue weighted by Crippen LogP contribution is 2.26. The molecule has 2 aromatic carbocycles. The summed E-state index contributed by atoms with van der Waals surface area (Å²) in [6.45, 7) is 5.60. The third kappa shape index (κ3) is 5.08. The summed E-state index contributed by atoms with van der Waals surface area (Å²) in [6, 6.07) is 11.8. The number of carbonyl (C=O) groups is 1. The van der Waals surface area contributed by atoms with Crippen LogP contribution in [0.25, 0.3) is 0 Å². The summed E-state index contributed by atoms with van der Waals surface area (Å²) in [7, 11) is -3.64. The molecule has 0 aliphatic heterocycles. The van der Waals surface area contributed by atoms with Crippen molar-refractivity contribution in [3.8, 4) is 0 Å². The number of rotatable bonds is 6. The van der Waals surface area contributed by atoms with E-state index in [1.54, 1.807) is 31.2 Å². The van der Waals surface area contributed by atoms with Crippen LogP contribution >= 0.6 is 15.9 Å². The summed E-state index contributed by atoms with van der Waals surface area (Å²) in [5.41, 5.74) is 3.00. The molecule has 0 bridgehead atoms. The number of nitrogens with one attached hydrogen (secondary N) is 1. The summed E-state index contributed by atoms with van der Waals surface area (Å²) in [4.78, 5) is 12.8. The van der Waals surface area contributed by atoms with Gasteiger partial charge >= 0.3 is 0 Å². The molecule has 0 spiro atoms. The summed E-state index contributed by atoms with van der Waals surface area (Å²) in [5.74, 6) is -0.362.